The summed E-state index contributed by atoms with van der Waals surface area (Å²) in [5.74, 6) is 1.64. The van der Waals surface area contributed by atoms with E-state index in [1.54, 1.807) is 0 Å². The number of anilines is 1. The first-order valence-corrected chi connectivity index (χ1v) is 6.68. The summed E-state index contributed by atoms with van der Waals surface area (Å²) in [5.41, 5.74) is 2.23. The third kappa shape index (κ3) is 3.10. The molecule has 0 bridgehead atoms. The van der Waals surface area contributed by atoms with Gasteiger partial charge in [0.1, 0.15) is 0 Å². The van der Waals surface area contributed by atoms with E-state index in [0.29, 0.717) is 12.4 Å². The van der Waals surface area contributed by atoms with Crippen LogP contribution in [0.5, 0.6) is 0 Å². The Morgan fingerprint density at radius 3 is 2.78 bits per heavy atom. The average molecular weight is 310 g/mol. The van der Waals surface area contributed by atoms with Crippen LogP contribution in [-0.4, -0.2) is 10.1 Å². The van der Waals surface area contributed by atoms with Crippen molar-refractivity contribution in [3.8, 4) is 0 Å². The van der Waals surface area contributed by atoms with Crippen LogP contribution in [0.1, 0.15) is 37.0 Å². The second-order valence-electron chi connectivity index (χ2n) is 4.52. The second kappa shape index (κ2) is 5.52. The first-order chi connectivity index (χ1) is 8.56. The van der Waals surface area contributed by atoms with Crippen LogP contribution < -0.4 is 5.32 Å². The fourth-order valence-electron chi connectivity index (χ4n) is 1.45. The minimum atomic E-state index is 0.288. The lowest BCUT2D eigenvalue weighted by Crippen LogP contribution is -2.00. The van der Waals surface area contributed by atoms with Gasteiger partial charge in [-0.15, -0.1) is 0 Å². The molecule has 96 valence electrons. The maximum absolute atomic E-state index is 5.17. The molecule has 0 aliphatic heterocycles. The molecule has 18 heavy (non-hydrogen) atoms. The molecule has 1 N–H and O–H groups in total. The highest BCUT2D eigenvalue weighted by Crippen LogP contribution is 2.21. The number of nitrogens with zero attached hydrogens (tertiary/aromatic N) is 2. The Morgan fingerprint density at radius 1 is 1.39 bits per heavy atom. The molecule has 0 saturated heterocycles. The molecule has 0 radical (unpaired) electrons. The van der Waals surface area contributed by atoms with Gasteiger partial charge in [-0.25, -0.2) is 0 Å². The Bertz CT molecular complexity index is 537. The molecule has 5 heteroatoms. The predicted octanol–water partition coefficient (Wildman–Crippen LogP) is 3.88. The molecular weight excluding hydrogens is 294 g/mol. The van der Waals surface area contributed by atoms with Gasteiger partial charge in [0, 0.05) is 16.1 Å². The summed E-state index contributed by atoms with van der Waals surface area (Å²) in [5, 5.41) is 7.18. The van der Waals surface area contributed by atoms with E-state index in [0.717, 1.165) is 16.0 Å². The number of hydrogen-bond donors (Lipinski definition) is 1. The fraction of sp³-hybridized carbons (Fsp3) is 0.385. The van der Waals surface area contributed by atoms with Gasteiger partial charge in [0.05, 0.1) is 6.54 Å². The van der Waals surface area contributed by atoms with Crippen molar-refractivity contribution < 1.29 is 4.52 Å². The van der Waals surface area contributed by atoms with E-state index >= 15 is 0 Å². The number of rotatable bonds is 4. The van der Waals surface area contributed by atoms with Crippen LogP contribution in [-0.2, 0) is 6.54 Å². The molecule has 0 fully saturated rings. The molecule has 0 aliphatic rings. The van der Waals surface area contributed by atoms with Crippen LogP contribution in [0.25, 0.3) is 0 Å². The first-order valence-electron chi connectivity index (χ1n) is 5.89. The lowest BCUT2D eigenvalue weighted by molar-refractivity contribution is 0.376. The van der Waals surface area contributed by atoms with E-state index in [4.69, 9.17) is 4.52 Å². The molecule has 0 atom stereocenters. The standard InChI is InChI=1S/C13H16BrN3O/c1-8(2)13-16-12(18-17-13)7-15-10-5-4-9(3)11(14)6-10/h4-6,8,15H,7H2,1-3H3. The lowest BCUT2D eigenvalue weighted by atomic mass is 10.2. The van der Waals surface area contributed by atoms with Gasteiger partial charge in [-0.05, 0) is 24.6 Å². The Balaban J connectivity index is 2.00. The van der Waals surface area contributed by atoms with Crippen LogP contribution in [0.2, 0.25) is 0 Å². The average Bonchev–Trinajstić information content (AvgIpc) is 2.79. The molecule has 0 spiro atoms. The van der Waals surface area contributed by atoms with Crippen LogP contribution in [0.4, 0.5) is 5.69 Å². The predicted molar refractivity (Wildman–Crippen MR) is 74.6 cm³/mol. The normalized spacial score (nSPS) is 10.9. The third-order valence-electron chi connectivity index (χ3n) is 2.62. The largest absolute Gasteiger partial charge is 0.376 e. The molecule has 0 amide bonds. The van der Waals surface area contributed by atoms with Crippen molar-refractivity contribution in [3.63, 3.8) is 0 Å². The topological polar surface area (TPSA) is 51.0 Å². The van der Waals surface area contributed by atoms with Crippen LogP contribution in [0.3, 0.4) is 0 Å². The van der Waals surface area contributed by atoms with Crippen molar-refractivity contribution >= 4 is 21.6 Å². The van der Waals surface area contributed by atoms with Gasteiger partial charge < -0.3 is 9.84 Å². The minimum Gasteiger partial charge on any atom is -0.376 e. The van der Waals surface area contributed by atoms with Crippen LogP contribution in [0, 0.1) is 6.92 Å². The molecule has 2 rings (SSSR count). The van der Waals surface area contributed by atoms with Crippen LogP contribution in [0.15, 0.2) is 27.2 Å². The van der Waals surface area contributed by atoms with E-state index < -0.39 is 0 Å². The minimum absolute atomic E-state index is 0.288. The Morgan fingerprint density at radius 2 is 2.17 bits per heavy atom. The van der Waals surface area contributed by atoms with Gasteiger partial charge >= 0.3 is 0 Å². The highest BCUT2D eigenvalue weighted by molar-refractivity contribution is 9.10. The molecule has 4 nitrogen and oxygen atoms in total. The third-order valence-corrected chi connectivity index (χ3v) is 3.47. The summed E-state index contributed by atoms with van der Waals surface area (Å²) >= 11 is 3.50. The molecule has 0 aliphatic carbocycles. The van der Waals surface area contributed by atoms with Gasteiger partial charge in [0.2, 0.25) is 5.89 Å². The van der Waals surface area contributed by atoms with E-state index in [1.165, 1.54) is 5.56 Å². The van der Waals surface area contributed by atoms with E-state index in [1.807, 2.05) is 26.0 Å². The zero-order chi connectivity index (χ0) is 13.1. The molecule has 0 saturated carbocycles. The number of aromatic nitrogens is 2. The van der Waals surface area contributed by atoms with E-state index in [9.17, 15) is 0 Å². The summed E-state index contributed by atoms with van der Waals surface area (Å²) in [7, 11) is 0. The van der Waals surface area contributed by atoms with E-state index in [2.05, 4.69) is 44.4 Å². The Hall–Kier alpha value is -1.36. The maximum atomic E-state index is 5.17. The van der Waals surface area contributed by atoms with Gasteiger partial charge in [-0.1, -0.05) is 41.0 Å². The summed E-state index contributed by atoms with van der Waals surface area (Å²) < 4.78 is 6.25. The molecule has 1 aromatic carbocycles. The number of hydrogen-bond acceptors (Lipinski definition) is 4. The van der Waals surface area contributed by atoms with Gasteiger partial charge in [0.25, 0.3) is 0 Å². The summed E-state index contributed by atoms with van der Waals surface area (Å²) in [6.45, 7) is 6.67. The molecule has 0 unspecified atom stereocenters. The monoisotopic (exact) mass is 309 g/mol. The summed E-state index contributed by atoms with van der Waals surface area (Å²) in [6, 6.07) is 6.12. The van der Waals surface area contributed by atoms with Crippen molar-refractivity contribution in [1.82, 2.24) is 10.1 Å². The van der Waals surface area contributed by atoms with Crippen molar-refractivity contribution in [2.24, 2.45) is 0 Å². The maximum Gasteiger partial charge on any atom is 0.245 e. The lowest BCUT2D eigenvalue weighted by Gasteiger charge is -2.05. The molecule has 1 heterocycles. The quantitative estimate of drug-likeness (QED) is 0.931. The first kappa shape index (κ1) is 13.1. The zero-order valence-electron chi connectivity index (χ0n) is 10.7. The summed E-state index contributed by atoms with van der Waals surface area (Å²) in [6.07, 6.45) is 0. The molecule has 2 aromatic rings. The SMILES string of the molecule is Cc1ccc(NCc2nc(C(C)C)no2)cc1Br. The van der Waals surface area contributed by atoms with Gasteiger partial charge in [-0.3, -0.25) is 0 Å². The second-order valence-corrected chi connectivity index (χ2v) is 5.37. The summed E-state index contributed by atoms with van der Waals surface area (Å²) in [4.78, 5) is 4.31. The zero-order valence-corrected chi connectivity index (χ0v) is 12.3. The van der Waals surface area contributed by atoms with E-state index in [-0.39, 0.29) is 5.92 Å². The van der Waals surface area contributed by atoms with Crippen molar-refractivity contribution in [3.05, 3.63) is 40.0 Å². The van der Waals surface area contributed by atoms with Gasteiger partial charge in [-0.2, -0.15) is 4.98 Å². The highest BCUT2D eigenvalue weighted by atomic mass is 79.9. The Labute approximate surface area is 115 Å². The fourth-order valence-corrected chi connectivity index (χ4v) is 1.83. The number of nitrogens with one attached hydrogen (secondary N) is 1. The highest BCUT2D eigenvalue weighted by Gasteiger charge is 2.09. The number of halogens is 1. The number of benzene rings is 1. The van der Waals surface area contributed by atoms with Crippen molar-refractivity contribution in [2.75, 3.05) is 5.32 Å². The van der Waals surface area contributed by atoms with Crippen molar-refractivity contribution in [1.29, 1.82) is 0 Å². The van der Waals surface area contributed by atoms with Gasteiger partial charge in [0.15, 0.2) is 5.82 Å². The Kier molecular flexibility index (Phi) is 4.01. The molecule has 1 aromatic heterocycles. The molecular formula is C13H16BrN3O. The smallest absolute Gasteiger partial charge is 0.245 e. The van der Waals surface area contributed by atoms with Crippen LogP contribution >= 0.6 is 15.9 Å². The van der Waals surface area contributed by atoms with Crippen molar-refractivity contribution in [2.45, 2.75) is 33.2 Å². The number of aryl methyl sites for hydroxylation is 1.